The third kappa shape index (κ3) is 18.6. The van der Waals surface area contributed by atoms with Crippen molar-refractivity contribution < 1.29 is 24.3 Å². The van der Waals surface area contributed by atoms with Crippen molar-refractivity contribution >= 4 is 11.9 Å². The molecule has 0 atom stereocenters. The average molecular weight is 302 g/mol. The molecule has 1 amide bonds. The Morgan fingerprint density at radius 3 is 2.05 bits per heavy atom. The molecular weight excluding hydrogens is 272 g/mol. The number of carbonyl (C=O) groups is 2. The summed E-state index contributed by atoms with van der Waals surface area (Å²) in [5.41, 5.74) is 0.557. The van der Waals surface area contributed by atoms with E-state index in [4.69, 9.17) is 15.0 Å². The highest BCUT2D eigenvalue weighted by molar-refractivity contribution is 5.91. The predicted molar refractivity (Wildman–Crippen MR) is 81.3 cm³/mol. The van der Waals surface area contributed by atoms with Crippen LogP contribution in [0.15, 0.2) is 12.2 Å². The summed E-state index contributed by atoms with van der Waals surface area (Å²) in [5, 5.41) is 20.4. The van der Waals surface area contributed by atoms with Gasteiger partial charge in [0.05, 0.1) is 27.2 Å². The van der Waals surface area contributed by atoms with Gasteiger partial charge < -0.3 is 24.8 Å². The van der Waals surface area contributed by atoms with E-state index in [1.165, 1.54) is 0 Å². The summed E-state index contributed by atoms with van der Waals surface area (Å²) in [6, 6.07) is 0. The lowest BCUT2D eigenvalue weighted by Crippen LogP contribution is -2.42. The Labute approximate surface area is 128 Å². The van der Waals surface area contributed by atoms with Crippen molar-refractivity contribution in [2.24, 2.45) is 0 Å². The molecule has 0 rings (SSSR count). The number of nitrogens with one attached hydrogen (secondary N) is 1. The number of carboxylic acid groups (broad SMARTS) is 1. The summed E-state index contributed by atoms with van der Waals surface area (Å²) in [4.78, 5) is 20.1. The lowest BCUT2D eigenvalue weighted by molar-refractivity contribution is -0.890. The van der Waals surface area contributed by atoms with Crippen molar-refractivity contribution in [3.63, 3.8) is 0 Å². The summed E-state index contributed by atoms with van der Waals surface area (Å²) in [5.74, 6) is -1.14. The molecule has 6 nitrogen and oxygen atoms in total. The van der Waals surface area contributed by atoms with E-state index in [1.807, 2.05) is 0 Å². The highest BCUT2D eigenvalue weighted by Gasteiger charge is 2.13. The Kier molecular flexibility index (Phi) is 12.9. The van der Waals surface area contributed by atoms with Crippen molar-refractivity contribution in [2.45, 2.75) is 33.1 Å². The van der Waals surface area contributed by atoms with E-state index in [2.05, 4.69) is 26.0 Å². The summed E-state index contributed by atoms with van der Waals surface area (Å²) >= 11 is 0. The minimum atomic E-state index is -1.08. The second-order valence-electron chi connectivity index (χ2n) is 5.70. The van der Waals surface area contributed by atoms with Crippen LogP contribution in [0.3, 0.4) is 0 Å². The van der Waals surface area contributed by atoms with E-state index in [9.17, 15) is 4.79 Å². The van der Waals surface area contributed by atoms with Gasteiger partial charge in [0.2, 0.25) is 5.91 Å². The first-order chi connectivity index (χ1) is 9.62. The normalized spacial score (nSPS) is 10.3. The molecule has 0 aliphatic heterocycles. The fraction of sp³-hybridized carbons (Fsp3) is 0.733. The number of aliphatic hydroxyl groups excluding tert-OH is 1. The summed E-state index contributed by atoms with van der Waals surface area (Å²) in [6.45, 7) is 9.35. The van der Waals surface area contributed by atoms with Crippen LogP contribution in [-0.4, -0.2) is 61.8 Å². The molecule has 0 heterocycles. The van der Waals surface area contributed by atoms with Crippen LogP contribution in [0.25, 0.3) is 0 Å². The lowest BCUT2D eigenvalue weighted by atomic mass is 10.2. The van der Waals surface area contributed by atoms with E-state index in [-0.39, 0.29) is 12.5 Å². The Balaban J connectivity index is 0. The van der Waals surface area contributed by atoms with Crippen molar-refractivity contribution in [1.29, 1.82) is 0 Å². The highest BCUT2D eigenvalue weighted by Crippen LogP contribution is 2.02. The molecule has 0 saturated carbocycles. The Bertz CT molecular complexity index is 324. The van der Waals surface area contributed by atoms with Crippen LogP contribution < -0.4 is 10.4 Å². The molecule has 0 saturated heterocycles. The van der Waals surface area contributed by atoms with Crippen molar-refractivity contribution in [3.05, 3.63) is 12.2 Å². The second kappa shape index (κ2) is 12.3. The number of rotatable bonds is 9. The van der Waals surface area contributed by atoms with Crippen LogP contribution in [0.4, 0.5) is 0 Å². The smallest absolute Gasteiger partial charge is 0.246 e. The summed E-state index contributed by atoms with van der Waals surface area (Å²) < 4.78 is 0.933. The van der Waals surface area contributed by atoms with Crippen LogP contribution in [0, 0.1) is 0 Å². The number of nitrogens with zero attached hydrogens (tertiary/aromatic N) is 1. The lowest BCUT2D eigenvalue weighted by Gasteiger charge is -2.29. The average Bonchev–Trinajstić information content (AvgIpc) is 2.33. The first-order valence-electron chi connectivity index (χ1n) is 7.16. The number of quaternary nitrogens is 1. The highest BCUT2D eigenvalue weighted by atomic mass is 16.4. The largest absolute Gasteiger partial charge is 0.550 e. The van der Waals surface area contributed by atoms with E-state index >= 15 is 0 Å². The quantitative estimate of drug-likeness (QED) is 0.347. The van der Waals surface area contributed by atoms with Gasteiger partial charge in [0.1, 0.15) is 0 Å². The van der Waals surface area contributed by atoms with Gasteiger partial charge in [-0.25, -0.2) is 0 Å². The molecule has 0 aromatic carbocycles. The number of carboxylic acids is 1. The van der Waals surface area contributed by atoms with Crippen LogP contribution in [0.1, 0.15) is 33.1 Å². The molecule has 0 spiro atoms. The topological polar surface area (TPSA) is 89.5 Å². The van der Waals surface area contributed by atoms with Gasteiger partial charge in [0.25, 0.3) is 0 Å². The van der Waals surface area contributed by atoms with Crippen LogP contribution >= 0.6 is 0 Å². The maximum atomic E-state index is 11.2. The molecule has 124 valence electrons. The fourth-order valence-corrected chi connectivity index (χ4v) is 1.62. The van der Waals surface area contributed by atoms with Crippen molar-refractivity contribution in [2.75, 3.05) is 40.3 Å². The minimum Gasteiger partial charge on any atom is -0.550 e. The van der Waals surface area contributed by atoms with E-state index in [0.717, 1.165) is 43.8 Å². The van der Waals surface area contributed by atoms with Gasteiger partial charge in [-0.15, -0.1) is 0 Å². The van der Waals surface area contributed by atoms with Gasteiger partial charge in [-0.3, -0.25) is 4.79 Å². The first kappa shape index (κ1) is 21.9. The number of aliphatic hydroxyl groups is 1. The number of carbonyl (C=O) groups excluding carboxylic acids is 2. The van der Waals surface area contributed by atoms with Crippen molar-refractivity contribution in [3.8, 4) is 0 Å². The molecule has 0 bridgehead atoms. The third-order valence-corrected chi connectivity index (χ3v) is 2.78. The van der Waals surface area contributed by atoms with E-state index < -0.39 is 5.97 Å². The molecular formula is C15H30N2O4. The van der Waals surface area contributed by atoms with Crippen molar-refractivity contribution in [1.82, 2.24) is 5.32 Å². The number of aliphatic carboxylic acids is 1. The summed E-state index contributed by atoms with van der Waals surface area (Å²) in [6.07, 6.45) is 2.88. The van der Waals surface area contributed by atoms with Crippen LogP contribution in [-0.2, 0) is 9.59 Å². The maximum absolute atomic E-state index is 11.2. The Hall–Kier alpha value is -1.40. The van der Waals surface area contributed by atoms with Gasteiger partial charge >= 0.3 is 0 Å². The zero-order valence-electron chi connectivity index (χ0n) is 13.8. The molecule has 0 aliphatic rings. The molecule has 0 radical (unpaired) electrons. The van der Waals surface area contributed by atoms with Gasteiger partial charge in [-0.2, -0.15) is 0 Å². The summed E-state index contributed by atoms with van der Waals surface area (Å²) in [7, 11) is 4.36. The predicted octanol–water partition coefficient (Wildman–Crippen LogP) is -0.326. The minimum absolute atomic E-state index is 0.0596. The van der Waals surface area contributed by atoms with Gasteiger partial charge in [-0.1, -0.05) is 6.58 Å². The third-order valence-electron chi connectivity index (χ3n) is 2.78. The molecule has 0 aliphatic carbocycles. The van der Waals surface area contributed by atoms with Gasteiger partial charge in [-0.05, 0) is 26.7 Å². The van der Waals surface area contributed by atoms with Gasteiger partial charge in [0, 0.05) is 31.1 Å². The standard InChI is InChI=1S/C13H26N2O2.C2H4O2/c1-12(2)13(17)14-8-7-10-15(3,4)9-5-6-11-16;1-2(3)4/h16H,1,5-11H2,2-4H3;1H3,(H,3,4). The number of amides is 1. The molecule has 6 heteroatoms. The molecule has 2 N–H and O–H groups in total. The molecule has 0 aromatic heterocycles. The monoisotopic (exact) mass is 302 g/mol. The van der Waals surface area contributed by atoms with Crippen LogP contribution in [0.2, 0.25) is 0 Å². The van der Waals surface area contributed by atoms with Gasteiger partial charge in [0.15, 0.2) is 0 Å². The first-order valence-corrected chi connectivity index (χ1v) is 7.16. The zero-order chi connectivity index (χ0) is 16.9. The molecule has 0 unspecified atom stereocenters. The second-order valence-corrected chi connectivity index (χ2v) is 5.70. The fourth-order valence-electron chi connectivity index (χ4n) is 1.62. The van der Waals surface area contributed by atoms with E-state index in [1.54, 1.807) is 6.92 Å². The SMILES string of the molecule is C=C(C)C(=O)NCCC[N+](C)(C)CCCCO.CC(=O)[O-]. The van der Waals surface area contributed by atoms with E-state index in [0.29, 0.717) is 12.1 Å². The molecule has 0 aromatic rings. The molecule has 0 fully saturated rings. The number of unbranched alkanes of at least 4 members (excludes halogenated alkanes) is 1. The maximum Gasteiger partial charge on any atom is 0.246 e. The number of hydrogen-bond acceptors (Lipinski definition) is 4. The van der Waals surface area contributed by atoms with Crippen LogP contribution in [0.5, 0.6) is 0 Å². The zero-order valence-corrected chi connectivity index (χ0v) is 13.8. The Morgan fingerprint density at radius 1 is 1.14 bits per heavy atom. The number of hydrogen-bond donors (Lipinski definition) is 2. The molecule has 21 heavy (non-hydrogen) atoms. The Morgan fingerprint density at radius 2 is 1.62 bits per heavy atom.